The van der Waals surface area contributed by atoms with Crippen LogP contribution in [0.25, 0.3) is 0 Å². The fourth-order valence-electron chi connectivity index (χ4n) is 1.99. The Bertz CT molecular complexity index is 436. The van der Waals surface area contributed by atoms with E-state index in [0.29, 0.717) is 24.8 Å². The molecule has 0 radical (unpaired) electrons. The minimum Gasteiger partial charge on any atom is -0.626 e. The topological polar surface area (TPSA) is 57.0 Å². The van der Waals surface area contributed by atoms with E-state index >= 15 is 0 Å². The Labute approximate surface area is 117 Å². The first-order valence-corrected chi connectivity index (χ1v) is 6.68. The van der Waals surface area contributed by atoms with Gasteiger partial charge >= 0.3 is 5.91 Å². The number of amides is 1. The summed E-state index contributed by atoms with van der Waals surface area (Å²) in [6.45, 7) is 3.82. The first-order chi connectivity index (χ1) is 9.18. The number of ether oxygens (including phenoxy) is 1. The van der Waals surface area contributed by atoms with E-state index < -0.39 is 5.91 Å². The lowest BCUT2D eigenvalue weighted by atomic mass is 10.2. The summed E-state index contributed by atoms with van der Waals surface area (Å²) in [5.41, 5.74) is 0.288. The molecular formula is C13H17ClN2O3. The number of carbonyl (C=O) groups excluding carboxylic acids is 1. The van der Waals surface area contributed by atoms with Gasteiger partial charge in [0.05, 0.1) is 30.3 Å². The molecule has 1 unspecified atom stereocenters. The van der Waals surface area contributed by atoms with Gasteiger partial charge in [0.2, 0.25) is 0 Å². The van der Waals surface area contributed by atoms with Crippen molar-refractivity contribution in [3.8, 4) is 0 Å². The van der Waals surface area contributed by atoms with Crippen LogP contribution in [0.3, 0.4) is 0 Å². The Kier molecular flexibility index (Phi) is 5.30. The minimum atomic E-state index is -0.501. The summed E-state index contributed by atoms with van der Waals surface area (Å²) in [4.78, 5) is 14.1. The van der Waals surface area contributed by atoms with Crippen LogP contribution < -0.4 is 5.06 Å². The van der Waals surface area contributed by atoms with Crippen molar-refractivity contribution in [3.05, 3.63) is 40.1 Å². The number of halogens is 1. The zero-order valence-corrected chi connectivity index (χ0v) is 11.4. The zero-order valence-electron chi connectivity index (χ0n) is 10.6. The molecule has 1 aliphatic heterocycles. The van der Waals surface area contributed by atoms with Crippen LogP contribution in [-0.2, 0) is 4.74 Å². The number of quaternary nitrogens is 1. The standard InChI is InChI=1S/C13H17ClN2O3/c14-12-4-2-1-3-11(12)13(17)16(18)6-5-15-7-9-19-10-8-15/h1-4,16H,5-10H2. The van der Waals surface area contributed by atoms with Gasteiger partial charge < -0.3 is 15.0 Å². The predicted octanol–water partition coefficient (Wildman–Crippen LogP) is 0.195. The number of benzene rings is 1. The van der Waals surface area contributed by atoms with Crippen LogP contribution >= 0.6 is 11.6 Å². The third-order valence-corrected chi connectivity index (χ3v) is 3.46. The lowest BCUT2D eigenvalue weighted by Crippen LogP contribution is -3.10. The van der Waals surface area contributed by atoms with Crippen molar-refractivity contribution in [1.82, 2.24) is 4.90 Å². The van der Waals surface area contributed by atoms with Gasteiger partial charge in [0, 0.05) is 19.6 Å². The van der Waals surface area contributed by atoms with Gasteiger partial charge in [0.1, 0.15) is 0 Å². The second kappa shape index (κ2) is 6.98. The third kappa shape index (κ3) is 3.99. The molecular weight excluding hydrogens is 268 g/mol. The number of morpholine rings is 1. The molecule has 1 saturated heterocycles. The van der Waals surface area contributed by atoms with Crippen molar-refractivity contribution >= 4 is 17.5 Å². The van der Waals surface area contributed by atoms with Gasteiger partial charge in [-0.1, -0.05) is 23.7 Å². The van der Waals surface area contributed by atoms with E-state index in [2.05, 4.69) is 4.90 Å². The first kappa shape index (κ1) is 14.4. The quantitative estimate of drug-likeness (QED) is 0.803. The Morgan fingerprint density at radius 2 is 2.05 bits per heavy atom. The maximum absolute atomic E-state index is 12.0. The number of rotatable bonds is 4. The highest BCUT2D eigenvalue weighted by atomic mass is 35.5. The van der Waals surface area contributed by atoms with E-state index in [0.717, 1.165) is 13.1 Å². The van der Waals surface area contributed by atoms with Crippen LogP contribution in [0.15, 0.2) is 24.3 Å². The van der Waals surface area contributed by atoms with Crippen molar-refractivity contribution in [1.29, 1.82) is 0 Å². The van der Waals surface area contributed by atoms with Crippen molar-refractivity contribution in [2.45, 2.75) is 0 Å². The summed E-state index contributed by atoms with van der Waals surface area (Å²) in [5.74, 6) is -0.501. The van der Waals surface area contributed by atoms with Crippen molar-refractivity contribution in [2.24, 2.45) is 0 Å². The van der Waals surface area contributed by atoms with E-state index in [1.807, 2.05) is 0 Å². The fraction of sp³-hybridized carbons (Fsp3) is 0.462. The second-order valence-electron chi connectivity index (χ2n) is 4.44. The molecule has 1 N–H and O–H groups in total. The maximum Gasteiger partial charge on any atom is 0.345 e. The second-order valence-corrected chi connectivity index (χ2v) is 4.84. The smallest absolute Gasteiger partial charge is 0.345 e. The molecule has 19 heavy (non-hydrogen) atoms. The number of nitrogens with one attached hydrogen (secondary N) is 1. The van der Waals surface area contributed by atoms with Crippen molar-refractivity contribution in [2.75, 3.05) is 39.4 Å². The lowest BCUT2D eigenvalue weighted by molar-refractivity contribution is -0.757. The molecule has 6 heteroatoms. The Morgan fingerprint density at radius 3 is 2.74 bits per heavy atom. The normalized spacial score (nSPS) is 18.2. The fourth-order valence-corrected chi connectivity index (χ4v) is 2.22. The van der Waals surface area contributed by atoms with Gasteiger partial charge in [0.25, 0.3) is 0 Å². The molecule has 0 bridgehead atoms. The summed E-state index contributed by atoms with van der Waals surface area (Å²) in [6, 6.07) is 6.63. The highest BCUT2D eigenvalue weighted by Crippen LogP contribution is 2.13. The number of hydrogen-bond donors (Lipinski definition) is 1. The van der Waals surface area contributed by atoms with Gasteiger partial charge in [-0.15, -0.1) is 0 Å². The molecule has 104 valence electrons. The number of hydrogen-bond acceptors (Lipinski definition) is 4. The molecule has 5 nitrogen and oxygen atoms in total. The lowest BCUT2D eigenvalue weighted by Gasteiger charge is -2.28. The summed E-state index contributed by atoms with van der Waals surface area (Å²) in [6.07, 6.45) is 0. The van der Waals surface area contributed by atoms with Gasteiger partial charge in [0.15, 0.2) is 0 Å². The largest absolute Gasteiger partial charge is 0.626 e. The Hall–Kier alpha value is -0.980. The average Bonchev–Trinajstić information content (AvgIpc) is 2.45. The molecule has 1 fully saturated rings. The predicted molar refractivity (Wildman–Crippen MR) is 72.2 cm³/mol. The minimum absolute atomic E-state index is 0.226. The highest BCUT2D eigenvalue weighted by molar-refractivity contribution is 6.33. The summed E-state index contributed by atoms with van der Waals surface area (Å²) in [7, 11) is 0. The van der Waals surface area contributed by atoms with Crippen molar-refractivity contribution in [3.63, 3.8) is 0 Å². The molecule has 1 aliphatic rings. The number of carbonyl (C=O) groups is 1. The number of hydroxylamine groups is 2. The van der Waals surface area contributed by atoms with Crippen LogP contribution in [0.5, 0.6) is 0 Å². The molecule has 1 heterocycles. The summed E-state index contributed by atoms with van der Waals surface area (Å²) < 4.78 is 5.23. The van der Waals surface area contributed by atoms with Gasteiger partial charge in [-0.2, -0.15) is 0 Å². The average molecular weight is 285 g/mol. The molecule has 1 amide bonds. The van der Waals surface area contributed by atoms with Crippen LogP contribution in [0.4, 0.5) is 0 Å². The molecule has 0 aliphatic carbocycles. The van der Waals surface area contributed by atoms with Crippen molar-refractivity contribution < 1.29 is 14.6 Å². The van der Waals surface area contributed by atoms with Crippen LogP contribution in [0.1, 0.15) is 10.4 Å². The Morgan fingerprint density at radius 1 is 1.37 bits per heavy atom. The van der Waals surface area contributed by atoms with E-state index in [4.69, 9.17) is 16.3 Å². The highest BCUT2D eigenvalue weighted by Gasteiger charge is 2.18. The molecule has 0 saturated carbocycles. The summed E-state index contributed by atoms with van der Waals surface area (Å²) in [5, 5.41) is 11.8. The van der Waals surface area contributed by atoms with E-state index in [9.17, 15) is 10.0 Å². The molecule has 0 aromatic heterocycles. The monoisotopic (exact) mass is 284 g/mol. The van der Waals surface area contributed by atoms with Crippen LogP contribution in [-0.4, -0.2) is 50.2 Å². The van der Waals surface area contributed by atoms with E-state index in [1.165, 1.54) is 0 Å². The van der Waals surface area contributed by atoms with E-state index in [1.54, 1.807) is 24.3 Å². The van der Waals surface area contributed by atoms with Gasteiger partial charge in [-0.25, -0.2) is 4.79 Å². The SMILES string of the molecule is O=C(c1ccccc1Cl)[NH+]([O-])CCN1CCOCC1. The first-order valence-electron chi connectivity index (χ1n) is 6.30. The Balaban J connectivity index is 1.87. The third-order valence-electron chi connectivity index (χ3n) is 3.13. The maximum atomic E-state index is 12.0. The van der Waals surface area contributed by atoms with Crippen LogP contribution in [0, 0.1) is 5.21 Å². The van der Waals surface area contributed by atoms with Crippen LogP contribution in [0.2, 0.25) is 5.02 Å². The molecule has 2 rings (SSSR count). The van der Waals surface area contributed by atoms with E-state index in [-0.39, 0.29) is 17.2 Å². The van der Waals surface area contributed by atoms with Gasteiger partial charge in [-0.05, 0) is 12.1 Å². The van der Waals surface area contributed by atoms with Gasteiger partial charge in [-0.3, -0.25) is 4.90 Å². The molecule has 1 aromatic rings. The summed E-state index contributed by atoms with van der Waals surface area (Å²) >= 11 is 5.91. The zero-order chi connectivity index (χ0) is 13.7. The molecule has 1 atom stereocenters. The molecule has 0 spiro atoms. The molecule has 1 aromatic carbocycles. The number of nitrogens with zero attached hydrogens (tertiary/aromatic N) is 1.